The number of piperidine rings is 1. The van der Waals surface area contributed by atoms with E-state index in [4.69, 9.17) is 20.6 Å². The molecule has 1 aliphatic heterocycles. The van der Waals surface area contributed by atoms with Crippen molar-refractivity contribution in [2.24, 2.45) is 5.73 Å². The number of nitrogens with zero attached hydrogens (tertiary/aromatic N) is 1. The topological polar surface area (TPSA) is 71.6 Å². The monoisotopic (exact) mass is 291 g/mol. The molecule has 116 valence electrons. The van der Waals surface area contributed by atoms with Crippen molar-refractivity contribution in [1.82, 2.24) is 4.90 Å². The highest BCUT2D eigenvalue weighted by atomic mass is 16.5. The van der Waals surface area contributed by atoms with Gasteiger partial charge in [-0.1, -0.05) is 6.42 Å². The van der Waals surface area contributed by atoms with E-state index in [0.717, 1.165) is 6.42 Å². The van der Waals surface area contributed by atoms with Gasteiger partial charge in [0.05, 0.1) is 13.7 Å². The molecule has 1 unspecified atom stereocenters. The standard InChI is InChI=1S/C16H25N3O2/c1-19-9-4-3-5-13(19)8-10-21-14-7-6-12(16(17)18)11-15(14)20-2/h6-7,11,13H,3-5,8-10H2,1-2H3,(H3,17,18). The van der Waals surface area contributed by atoms with E-state index in [0.29, 0.717) is 29.7 Å². The van der Waals surface area contributed by atoms with E-state index < -0.39 is 0 Å². The van der Waals surface area contributed by atoms with Crippen LogP contribution in [0.5, 0.6) is 11.5 Å². The maximum Gasteiger partial charge on any atom is 0.161 e. The molecule has 1 atom stereocenters. The summed E-state index contributed by atoms with van der Waals surface area (Å²) in [4.78, 5) is 2.42. The highest BCUT2D eigenvalue weighted by Crippen LogP contribution is 2.28. The molecule has 5 nitrogen and oxygen atoms in total. The lowest BCUT2D eigenvalue weighted by atomic mass is 10.0. The van der Waals surface area contributed by atoms with E-state index in [1.54, 1.807) is 19.2 Å². The number of hydrogen-bond donors (Lipinski definition) is 2. The SMILES string of the molecule is COc1cc(C(=N)N)ccc1OCCC1CCCCN1C. The highest BCUT2D eigenvalue weighted by molar-refractivity contribution is 5.95. The van der Waals surface area contributed by atoms with E-state index in [9.17, 15) is 0 Å². The molecule has 21 heavy (non-hydrogen) atoms. The molecule has 0 radical (unpaired) electrons. The molecule has 1 aromatic carbocycles. The molecule has 1 aromatic rings. The lowest BCUT2D eigenvalue weighted by molar-refractivity contribution is 0.152. The van der Waals surface area contributed by atoms with Crippen LogP contribution in [0, 0.1) is 5.41 Å². The van der Waals surface area contributed by atoms with Crippen molar-refractivity contribution in [1.29, 1.82) is 5.41 Å². The fourth-order valence-electron chi connectivity index (χ4n) is 2.77. The lowest BCUT2D eigenvalue weighted by Gasteiger charge is -2.32. The Hall–Kier alpha value is -1.75. The molecule has 2 rings (SSSR count). The Bertz CT molecular complexity index is 490. The van der Waals surface area contributed by atoms with Crippen molar-refractivity contribution < 1.29 is 9.47 Å². The molecular formula is C16H25N3O2. The van der Waals surface area contributed by atoms with E-state index >= 15 is 0 Å². The minimum Gasteiger partial charge on any atom is -0.493 e. The lowest BCUT2D eigenvalue weighted by Crippen LogP contribution is -2.37. The third kappa shape index (κ3) is 4.11. The smallest absolute Gasteiger partial charge is 0.161 e. The fourth-order valence-corrected chi connectivity index (χ4v) is 2.77. The molecule has 0 saturated carbocycles. The molecule has 0 bridgehead atoms. The number of methoxy groups -OCH3 is 1. The van der Waals surface area contributed by atoms with Gasteiger partial charge in [0, 0.05) is 11.6 Å². The van der Waals surface area contributed by atoms with Gasteiger partial charge in [-0.05, 0) is 51.1 Å². The van der Waals surface area contributed by atoms with E-state index in [1.807, 2.05) is 6.07 Å². The van der Waals surface area contributed by atoms with Crippen LogP contribution in [0.4, 0.5) is 0 Å². The van der Waals surface area contributed by atoms with Gasteiger partial charge in [-0.15, -0.1) is 0 Å². The van der Waals surface area contributed by atoms with Crippen molar-refractivity contribution in [3.8, 4) is 11.5 Å². The van der Waals surface area contributed by atoms with Gasteiger partial charge >= 0.3 is 0 Å². The number of nitrogens with one attached hydrogen (secondary N) is 1. The molecule has 1 saturated heterocycles. The number of hydrogen-bond acceptors (Lipinski definition) is 4. The molecule has 1 aliphatic rings. The number of ether oxygens (including phenoxy) is 2. The normalized spacial score (nSPS) is 19.2. The Morgan fingerprint density at radius 3 is 2.86 bits per heavy atom. The summed E-state index contributed by atoms with van der Waals surface area (Å²) in [6.07, 6.45) is 4.88. The van der Waals surface area contributed by atoms with Gasteiger partial charge in [-0.3, -0.25) is 5.41 Å². The third-order valence-corrected chi connectivity index (χ3v) is 4.10. The molecule has 1 fully saturated rings. The van der Waals surface area contributed by atoms with Crippen LogP contribution in [0.1, 0.15) is 31.2 Å². The first-order valence-electron chi connectivity index (χ1n) is 7.47. The minimum absolute atomic E-state index is 0.0312. The number of benzene rings is 1. The minimum atomic E-state index is 0.0312. The van der Waals surface area contributed by atoms with E-state index in [2.05, 4.69) is 11.9 Å². The summed E-state index contributed by atoms with van der Waals surface area (Å²) in [5, 5.41) is 7.45. The van der Waals surface area contributed by atoms with Crippen molar-refractivity contribution in [2.45, 2.75) is 31.7 Å². The summed E-state index contributed by atoms with van der Waals surface area (Å²) in [7, 11) is 3.78. The Morgan fingerprint density at radius 2 is 2.19 bits per heavy atom. The molecular weight excluding hydrogens is 266 g/mol. The average Bonchev–Trinajstić information content (AvgIpc) is 2.49. The van der Waals surface area contributed by atoms with Crippen LogP contribution in [0.15, 0.2) is 18.2 Å². The second-order valence-electron chi connectivity index (χ2n) is 5.55. The van der Waals surface area contributed by atoms with Crippen molar-refractivity contribution >= 4 is 5.84 Å². The number of amidine groups is 1. The van der Waals surface area contributed by atoms with Crippen LogP contribution >= 0.6 is 0 Å². The van der Waals surface area contributed by atoms with Gasteiger partial charge in [-0.25, -0.2) is 0 Å². The van der Waals surface area contributed by atoms with Gasteiger partial charge in [0.25, 0.3) is 0 Å². The first-order valence-corrected chi connectivity index (χ1v) is 7.47. The zero-order chi connectivity index (χ0) is 15.2. The number of rotatable bonds is 6. The van der Waals surface area contributed by atoms with Crippen LogP contribution in [-0.2, 0) is 0 Å². The number of likely N-dealkylation sites (tertiary alicyclic amines) is 1. The van der Waals surface area contributed by atoms with Crippen LogP contribution in [0.2, 0.25) is 0 Å². The maximum atomic E-state index is 7.45. The maximum absolute atomic E-state index is 7.45. The summed E-state index contributed by atoms with van der Waals surface area (Å²) in [5.41, 5.74) is 6.13. The van der Waals surface area contributed by atoms with Gasteiger partial charge in [0.1, 0.15) is 5.84 Å². The van der Waals surface area contributed by atoms with Gasteiger partial charge in [-0.2, -0.15) is 0 Å². The molecule has 1 heterocycles. The van der Waals surface area contributed by atoms with Crippen molar-refractivity contribution in [3.05, 3.63) is 23.8 Å². The molecule has 3 N–H and O–H groups in total. The molecule has 0 spiro atoms. The second-order valence-corrected chi connectivity index (χ2v) is 5.55. The predicted molar refractivity (Wildman–Crippen MR) is 84.4 cm³/mol. The number of nitrogens with two attached hydrogens (primary N) is 1. The first kappa shape index (κ1) is 15.6. The number of nitrogen functional groups attached to an aromatic ring is 1. The second kappa shape index (κ2) is 7.31. The first-order chi connectivity index (χ1) is 10.1. The molecule has 5 heteroatoms. The Morgan fingerprint density at radius 1 is 1.38 bits per heavy atom. The van der Waals surface area contributed by atoms with Crippen LogP contribution in [0.25, 0.3) is 0 Å². The Balaban J connectivity index is 1.91. The predicted octanol–water partition coefficient (Wildman–Crippen LogP) is 2.23. The zero-order valence-electron chi connectivity index (χ0n) is 12.9. The molecule has 0 aromatic heterocycles. The summed E-state index contributed by atoms with van der Waals surface area (Å²) >= 11 is 0. The summed E-state index contributed by atoms with van der Waals surface area (Å²) in [6, 6.07) is 5.96. The Kier molecular flexibility index (Phi) is 5.44. The van der Waals surface area contributed by atoms with Crippen LogP contribution in [-0.4, -0.2) is 44.1 Å². The van der Waals surface area contributed by atoms with Gasteiger partial charge in [0.15, 0.2) is 11.5 Å². The highest BCUT2D eigenvalue weighted by Gasteiger charge is 2.18. The Labute approximate surface area is 126 Å². The average molecular weight is 291 g/mol. The summed E-state index contributed by atoms with van der Waals surface area (Å²) < 4.78 is 11.2. The fraction of sp³-hybridized carbons (Fsp3) is 0.562. The van der Waals surface area contributed by atoms with Crippen LogP contribution < -0.4 is 15.2 Å². The molecule has 0 aliphatic carbocycles. The summed E-state index contributed by atoms with van der Waals surface area (Å²) in [5.74, 6) is 1.37. The third-order valence-electron chi connectivity index (χ3n) is 4.10. The van der Waals surface area contributed by atoms with E-state index in [1.165, 1.54) is 25.8 Å². The van der Waals surface area contributed by atoms with Crippen molar-refractivity contribution in [3.63, 3.8) is 0 Å². The van der Waals surface area contributed by atoms with Crippen molar-refractivity contribution in [2.75, 3.05) is 27.3 Å². The quantitative estimate of drug-likeness (QED) is 0.623. The summed E-state index contributed by atoms with van der Waals surface area (Å²) in [6.45, 7) is 1.85. The largest absolute Gasteiger partial charge is 0.493 e. The van der Waals surface area contributed by atoms with Crippen LogP contribution in [0.3, 0.4) is 0 Å². The van der Waals surface area contributed by atoms with Gasteiger partial charge in [0.2, 0.25) is 0 Å². The zero-order valence-corrected chi connectivity index (χ0v) is 12.9. The van der Waals surface area contributed by atoms with Gasteiger partial charge < -0.3 is 20.1 Å². The van der Waals surface area contributed by atoms with E-state index in [-0.39, 0.29) is 5.84 Å². The molecule has 0 amide bonds.